The van der Waals surface area contributed by atoms with Crippen molar-refractivity contribution in [2.45, 2.75) is 38.0 Å². The summed E-state index contributed by atoms with van der Waals surface area (Å²) >= 11 is 1.56. The van der Waals surface area contributed by atoms with Gasteiger partial charge in [0.05, 0.1) is 24.1 Å². The van der Waals surface area contributed by atoms with E-state index in [0.29, 0.717) is 19.7 Å². The van der Waals surface area contributed by atoms with E-state index in [2.05, 4.69) is 9.78 Å². The lowest BCUT2D eigenvalue weighted by molar-refractivity contribution is -0.192. The van der Waals surface area contributed by atoms with Crippen LogP contribution in [0.5, 0.6) is 0 Å². The smallest absolute Gasteiger partial charge is 0.475 e. The summed E-state index contributed by atoms with van der Waals surface area (Å²) in [4.78, 5) is 23.5. The average Bonchev–Trinajstić information content (AvgIpc) is 3.16. The molecule has 2 aliphatic rings. The van der Waals surface area contributed by atoms with E-state index in [4.69, 9.17) is 14.6 Å². The van der Waals surface area contributed by atoms with Crippen LogP contribution in [0.25, 0.3) is 0 Å². The zero-order chi connectivity index (χ0) is 21.9. The number of aromatic nitrogens is 2. The highest BCUT2D eigenvalue weighted by atomic mass is 32.1. The number of rotatable bonds is 5. The van der Waals surface area contributed by atoms with Crippen molar-refractivity contribution < 1.29 is 32.6 Å². The molecule has 2 aromatic heterocycles. The summed E-state index contributed by atoms with van der Waals surface area (Å²) in [5.41, 5.74) is 3.22. The monoisotopic (exact) mass is 445 g/mol. The third kappa shape index (κ3) is 5.39. The van der Waals surface area contributed by atoms with Crippen LogP contribution in [0.2, 0.25) is 0 Å². The molecule has 0 bridgehead atoms. The molecule has 1 aliphatic heterocycles. The minimum atomic E-state index is -5.08. The van der Waals surface area contributed by atoms with Gasteiger partial charge in [-0.2, -0.15) is 29.6 Å². The van der Waals surface area contributed by atoms with Gasteiger partial charge in [-0.1, -0.05) is 0 Å². The van der Waals surface area contributed by atoms with Crippen molar-refractivity contribution in [2.75, 3.05) is 20.3 Å². The topological polar surface area (TPSA) is 84.7 Å². The SMILES string of the molecule is COCC1CN(C(=O)c2ccsc2)Cc2cnn(CC3CC3)c21.O=C(O)C(F)(F)F. The first-order valence-electron chi connectivity index (χ1n) is 9.35. The highest BCUT2D eigenvalue weighted by Gasteiger charge is 2.38. The lowest BCUT2D eigenvalue weighted by Crippen LogP contribution is -2.40. The number of carbonyl (C=O) groups excluding carboxylic acids is 1. The summed E-state index contributed by atoms with van der Waals surface area (Å²) in [7, 11) is 1.72. The molecule has 1 N–H and O–H groups in total. The van der Waals surface area contributed by atoms with Gasteiger partial charge in [0.1, 0.15) is 0 Å². The minimum Gasteiger partial charge on any atom is -0.475 e. The molecule has 1 atom stereocenters. The Balaban J connectivity index is 0.000000318. The molecule has 0 aromatic carbocycles. The maximum absolute atomic E-state index is 12.7. The normalized spacial score (nSPS) is 18.4. The number of carboxylic acid groups (broad SMARTS) is 1. The van der Waals surface area contributed by atoms with E-state index in [-0.39, 0.29) is 11.8 Å². The molecule has 1 saturated carbocycles. The van der Waals surface area contributed by atoms with Gasteiger partial charge in [-0.3, -0.25) is 9.48 Å². The van der Waals surface area contributed by atoms with E-state index >= 15 is 0 Å². The molecule has 0 spiro atoms. The minimum absolute atomic E-state index is 0.105. The van der Waals surface area contributed by atoms with Crippen LogP contribution in [0, 0.1) is 5.92 Å². The standard InChI is InChI=1S/C17H21N3O2S.C2HF3O2/c1-22-10-15-9-19(17(21)13-4-5-23-11-13)8-14-6-18-20(16(14)15)7-12-2-3-12;3-2(4,5)1(6)7/h4-6,11-12,15H,2-3,7-10H2,1H3;(H,6,7). The number of alkyl halides is 3. The first kappa shape index (κ1) is 22.3. The summed E-state index contributed by atoms with van der Waals surface area (Å²) in [6.45, 7) is 2.98. The number of nitrogens with zero attached hydrogens (tertiary/aromatic N) is 3. The number of methoxy groups -OCH3 is 1. The van der Waals surface area contributed by atoms with Gasteiger partial charge in [0.15, 0.2) is 0 Å². The zero-order valence-corrected chi connectivity index (χ0v) is 17.1. The predicted molar refractivity (Wildman–Crippen MR) is 102 cm³/mol. The van der Waals surface area contributed by atoms with E-state index in [1.165, 1.54) is 24.1 Å². The van der Waals surface area contributed by atoms with Gasteiger partial charge in [-0.05, 0) is 30.2 Å². The molecule has 164 valence electrons. The van der Waals surface area contributed by atoms with Gasteiger partial charge in [-0.15, -0.1) is 0 Å². The third-order valence-electron chi connectivity index (χ3n) is 4.94. The number of hydrogen-bond donors (Lipinski definition) is 1. The van der Waals surface area contributed by atoms with Gasteiger partial charge >= 0.3 is 12.1 Å². The maximum Gasteiger partial charge on any atom is 0.490 e. The fourth-order valence-electron chi connectivity index (χ4n) is 3.40. The third-order valence-corrected chi connectivity index (χ3v) is 5.63. The lowest BCUT2D eigenvalue weighted by Gasteiger charge is -2.33. The summed E-state index contributed by atoms with van der Waals surface area (Å²) in [5.74, 6) is -1.67. The Morgan fingerprint density at radius 3 is 2.60 bits per heavy atom. The second-order valence-corrected chi connectivity index (χ2v) is 8.11. The number of carbonyl (C=O) groups is 2. The van der Waals surface area contributed by atoms with Crippen LogP contribution < -0.4 is 0 Å². The number of ether oxygens (including phenoxy) is 1. The second kappa shape index (κ2) is 9.17. The van der Waals surface area contributed by atoms with Crippen LogP contribution >= 0.6 is 11.3 Å². The number of fused-ring (bicyclic) bond motifs is 1. The first-order chi connectivity index (χ1) is 14.2. The van der Waals surface area contributed by atoms with Crippen molar-refractivity contribution in [3.05, 3.63) is 39.8 Å². The van der Waals surface area contributed by atoms with Gasteiger partial charge in [0, 0.05) is 43.6 Å². The Bertz CT molecular complexity index is 878. The van der Waals surface area contributed by atoms with E-state index in [9.17, 15) is 18.0 Å². The highest BCUT2D eigenvalue weighted by molar-refractivity contribution is 7.08. The predicted octanol–water partition coefficient (Wildman–Crippen LogP) is 3.37. The summed E-state index contributed by atoms with van der Waals surface area (Å²) < 4.78 is 39.3. The molecule has 1 amide bonds. The van der Waals surface area contributed by atoms with Crippen molar-refractivity contribution in [3.8, 4) is 0 Å². The Morgan fingerprint density at radius 2 is 2.07 bits per heavy atom. The molecule has 4 rings (SSSR count). The van der Waals surface area contributed by atoms with Crippen molar-refractivity contribution >= 4 is 23.2 Å². The van der Waals surface area contributed by atoms with Crippen LogP contribution in [-0.4, -0.2) is 58.1 Å². The molecule has 30 heavy (non-hydrogen) atoms. The second-order valence-electron chi connectivity index (χ2n) is 7.33. The van der Waals surface area contributed by atoms with E-state index < -0.39 is 12.1 Å². The van der Waals surface area contributed by atoms with Gasteiger partial charge in [0.2, 0.25) is 0 Å². The first-order valence-corrected chi connectivity index (χ1v) is 10.3. The maximum atomic E-state index is 12.7. The van der Waals surface area contributed by atoms with E-state index in [1.54, 1.807) is 18.4 Å². The molecule has 1 aliphatic carbocycles. The largest absolute Gasteiger partial charge is 0.490 e. The van der Waals surface area contributed by atoms with Crippen molar-refractivity contribution in [3.63, 3.8) is 0 Å². The van der Waals surface area contributed by atoms with Crippen molar-refractivity contribution in [1.29, 1.82) is 0 Å². The summed E-state index contributed by atoms with van der Waals surface area (Å²) in [6, 6.07) is 1.89. The molecule has 1 fully saturated rings. The molecule has 7 nitrogen and oxygen atoms in total. The number of thiophene rings is 1. The molecule has 0 saturated heterocycles. The Kier molecular flexibility index (Phi) is 6.81. The molecule has 2 aromatic rings. The average molecular weight is 445 g/mol. The zero-order valence-electron chi connectivity index (χ0n) is 16.3. The Hall–Kier alpha value is -2.40. The Morgan fingerprint density at radius 1 is 1.37 bits per heavy atom. The number of hydrogen-bond acceptors (Lipinski definition) is 5. The number of carboxylic acids is 1. The van der Waals surface area contributed by atoms with Crippen LogP contribution in [0.15, 0.2) is 23.0 Å². The summed E-state index contributed by atoms with van der Waals surface area (Å²) in [6.07, 6.45) is -0.522. The van der Waals surface area contributed by atoms with Crippen molar-refractivity contribution in [1.82, 2.24) is 14.7 Å². The quantitative estimate of drug-likeness (QED) is 0.763. The van der Waals surface area contributed by atoms with E-state index in [0.717, 1.165) is 18.0 Å². The van der Waals surface area contributed by atoms with Crippen LogP contribution in [0.4, 0.5) is 13.2 Å². The van der Waals surface area contributed by atoms with Crippen LogP contribution in [0.3, 0.4) is 0 Å². The van der Waals surface area contributed by atoms with Gasteiger partial charge < -0.3 is 14.7 Å². The van der Waals surface area contributed by atoms with Crippen LogP contribution in [0.1, 0.15) is 40.4 Å². The number of aliphatic carboxylic acids is 1. The fourth-order valence-corrected chi connectivity index (χ4v) is 4.03. The number of amides is 1. The molecular weight excluding hydrogens is 423 g/mol. The number of halogens is 3. The van der Waals surface area contributed by atoms with Gasteiger partial charge in [0.25, 0.3) is 5.91 Å². The molecule has 11 heteroatoms. The molecule has 0 radical (unpaired) electrons. The Labute approximate surface area is 175 Å². The van der Waals surface area contributed by atoms with Crippen molar-refractivity contribution in [2.24, 2.45) is 5.92 Å². The molecule has 3 heterocycles. The van der Waals surface area contributed by atoms with E-state index in [1.807, 2.05) is 27.9 Å². The fraction of sp³-hybridized carbons (Fsp3) is 0.526. The highest BCUT2D eigenvalue weighted by Crippen LogP contribution is 2.34. The van der Waals surface area contributed by atoms with Crippen LogP contribution in [-0.2, 0) is 22.6 Å². The van der Waals surface area contributed by atoms with Gasteiger partial charge in [-0.25, -0.2) is 4.79 Å². The summed E-state index contributed by atoms with van der Waals surface area (Å²) in [5, 5.41) is 15.6. The molecule has 1 unspecified atom stereocenters. The molecular formula is C19H22F3N3O4S. The lowest BCUT2D eigenvalue weighted by atomic mass is 9.96.